The number of aliphatic hydroxyl groups excluding tert-OH is 24. The molecule has 12 rings (SSSR count). The van der Waals surface area contributed by atoms with Crippen LogP contribution in [-0.4, -0.2) is 452 Å². The van der Waals surface area contributed by atoms with Crippen molar-refractivity contribution < 1.29 is 184 Å². The van der Waals surface area contributed by atoms with E-state index in [1.807, 2.05) is 0 Å². The quantitative estimate of drug-likeness (QED) is 0.0170. The molecule has 0 radical (unpaired) electrons. The fourth-order valence-electron chi connectivity index (χ4n) is 14.0. The van der Waals surface area contributed by atoms with Gasteiger partial charge in [0.15, 0.2) is 37.4 Å². The first-order valence-electron chi connectivity index (χ1n) is 37.4. The zero-order valence-corrected chi connectivity index (χ0v) is 63.0. The molecule has 668 valence electrons. The highest BCUT2D eigenvalue weighted by Gasteiger charge is 2.52. The Bertz CT molecular complexity index is 3410. The van der Waals surface area contributed by atoms with Gasteiger partial charge in [0.1, 0.15) is 181 Å². The van der Waals surface area contributed by atoms with Crippen molar-refractivity contribution >= 4 is 0 Å². The van der Waals surface area contributed by atoms with Crippen LogP contribution in [-0.2, 0) is 101 Å². The van der Waals surface area contributed by atoms with Gasteiger partial charge in [-0.15, -0.1) is 30.6 Å². The van der Waals surface area contributed by atoms with E-state index in [0.717, 1.165) is 28.1 Å². The largest absolute Gasteiger partial charge is 0.394 e. The van der Waals surface area contributed by atoms with E-state index in [2.05, 4.69) is 61.9 Å². The molecule has 6 saturated heterocycles. The van der Waals surface area contributed by atoms with Crippen LogP contribution in [0.1, 0.15) is 71.5 Å². The minimum atomic E-state index is -1.81. The SMILES string of the molecule is OC[C@H]1O[C@@H](n2cc(COCC(COCc3cn([C@@H]4O[C@H](CO)[C@@H](O)[C@H](O)[C@H]4O)nn3)(COCc3cn([C@@H]4O[C@H](CO)[C@@H](O)[C@H](O)[C@H]4O)nn3)COCC(COCc3cn([C@@H]4O[C@H](CO)[C@@H](O)[C@H](O)[C@H]4O)nn3)(COCc3cn([C@@H]4O[C@H](CO)[C@@H](O)[C@H](O)[C@H]4O)nn3)COCc3cn([C@@H]4O[C@H](CO)[C@@H](O)[C@H](O)[C@H]4O)nn3)nn2)[C@H](O)[C@@H](O)[C@@H]1O. The summed E-state index contributed by atoms with van der Waals surface area (Å²) >= 11 is 0. The van der Waals surface area contributed by atoms with Crippen LogP contribution in [0.3, 0.4) is 0 Å². The van der Waals surface area contributed by atoms with Crippen LogP contribution in [0.5, 0.6) is 0 Å². The topological polar surface area (TPSA) is 790 Å². The second kappa shape index (κ2) is 40.8. The summed E-state index contributed by atoms with van der Waals surface area (Å²) in [6.07, 6.45) is -41.5. The van der Waals surface area contributed by atoms with E-state index >= 15 is 0 Å². The Balaban J connectivity index is 0.882. The van der Waals surface area contributed by atoms with Crippen LogP contribution in [0.15, 0.2) is 37.2 Å². The summed E-state index contributed by atoms with van der Waals surface area (Å²) in [4.78, 5) is 0. The molecule has 24 N–H and O–H groups in total. The van der Waals surface area contributed by atoms with Crippen LogP contribution < -0.4 is 0 Å². The van der Waals surface area contributed by atoms with Gasteiger partial charge < -0.3 is 184 Å². The Morgan fingerprint density at radius 3 is 0.504 bits per heavy atom. The van der Waals surface area contributed by atoms with Gasteiger partial charge in [-0.05, 0) is 0 Å². The molecule has 0 aliphatic carbocycles. The van der Waals surface area contributed by atoms with E-state index in [4.69, 9.17) is 61.6 Å². The number of ether oxygens (including phenoxy) is 13. The van der Waals surface area contributed by atoms with Gasteiger partial charge in [0.25, 0.3) is 0 Å². The van der Waals surface area contributed by atoms with Gasteiger partial charge in [-0.1, -0.05) is 31.3 Å². The summed E-state index contributed by atoms with van der Waals surface area (Å²) in [6, 6.07) is 0. The summed E-state index contributed by atoms with van der Waals surface area (Å²) < 4.78 is 85.7. The second-order valence-electron chi connectivity index (χ2n) is 29.9. The fraction of sp³-hybridized carbons (Fsp3) is 0.812. The number of hydrogen-bond acceptors (Lipinski definition) is 49. The van der Waals surface area contributed by atoms with Gasteiger partial charge >= 0.3 is 0 Å². The minimum absolute atomic E-state index is 0.0494. The summed E-state index contributed by atoms with van der Waals surface area (Å²) in [5, 5.41) is 302. The first-order valence-corrected chi connectivity index (χ1v) is 37.4. The lowest BCUT2D eigenvalue weighted by molar-refractivity contribution is -0.254. The molecule has 0 saturated carbocycles. The Labute approximate surface area is 670 Å². The van der Waals surface area contributed by atoms with Crippen LogP contribution in [0.2, 0.25) is 0 Å². The maximum absolute atomic E-state index is 11.0. The fourth-order valence-corrected chi connectivity index (χ4v) is 14.0. The first-order chi connectivity index (χ1) is 57.1. The highest BCUT2D eigenvalue weighted by Crippen LogP contribution is 2.36. The molecule has 6 aromatic heterocycles. The molecule has 55 heteroatoms. The number of hydrogen-bond donors (Lipinski definition) is 24. The molecule has 0 amide bonds. The maximum Gasteiger partial charge on any atom is 0.180 e. The lowest BCUT2D eigenvalue weighted by atomic mass is 9.90. The lowest BCUT2D eigenvalue weighted by Gasteiger charge is -2.39. The molecule has 6 fully saturated rings. The third kappa shape index (κ3) is 20.7. The molecule has 0 unspecified atom stereocenters. The molecule has 0 bridgehead atoms. The van der Waals surface area contributed by atoms with Crippen LogP contribution >= 0.6 is 0 Å². The van der Waals surface area contributed by atoms with E-state index in [-0.39, 0.29) is 34.2 Å². The highest BCUT2D eigenvalue weighted by molar-refractivity contribution is 5.03. The molecule has 6 aromatic rings. The van der Waals surface area contributed by atoms with Gasteiger partial charge in [-0.25, -0.2) is 28.1 Å². The van der Waals surface area contributed by atoms with Gasteiger partial charge in [0.05, 0.1) is 180 Å². The smallest absolute Gasteiger partial charge is 0.180 e. The number of aliphatic hydroxyl groups is 24. The predicted molar refractivity (Wildman–Crippen MR) is 368 cm³/mol. The van der Waals surface area contributed by atoms with Crippen molar-refractivity contribution in [2.75, 3.05) is 92.5 Å². The van der Waals surface area contributed by atoms with Gasteiger partial charge in [0, 0.05) is 0 Å². The Morgan fingerprint density at radius 2 is 0.361 bits per heavy atom. The van der Waals surface area contributed by atoms with Crippen LogP contribution in [0.25, 0.3) is 0 Å². The van der Waals surface area contributed by atoms with Gasteiger partial charge in [-0.3, -0.25) is 0 Å². The first kappa shape index (κ1) is 91.6. The predicted octanol–water partition coefficient (Wildman–Crippen LogP) is -16.3. The summed E-state index contributed by atoms with van der Waals surface area (Å²) in [5.74, 6) is 0. The molecule has 30 atom stereocenters. The molecule has 0 aromatic carbocycles. The number of aromatic nitrogens is 18. The molecule has 119 heavy (non-hydrogen) atoms. The third-order valence-corrected chi connectivity index (χ3v) is 20.9. The second-order valence-corrected chi connectivity index (χ2v) is 29.9. The zero-order chi connectivity index (χ0) is 85.3. The van der Waals surface area contributed by atoms with E-state index < -0.39 is 327 Å². The average Bonchev–Trinajstić information content (AvgIpc) is 1.80. The van der Waals surface area contributed by atoms with Crippen molar-refractivity contribution in [1.82, 2.24) is 90.0 Å². The van der Waals surface area contributed by atoms with Crippen molar-refractivity contribution in [3.63, 3.8) is 0 Å². The Kier molecular flexibility index (Phi) is 31.4. The molecule has 6 aliphatic heterocycles. The molecular formula is C64H100N18O37. The summed E-state index contributed by atoms with van der Waals surface area (Å²) in [7, 11) is 0. The molecular weight excluding hydrogens is 1610 g/mol. The lowest BCUT2D eigenvalue weighted by Crippen LogP contribution is -2.56. The van der Waals surface area contributed by atoms with Crippen LogP contribution in [0.4, 0.5) is 0 Å². The van der Waals surface area contributed by atoms with Crippen LogP contribution in [0, 0.1) is 10.8 Å². The van der Waals surface area contributed by atoms with E-state index in [0.29, 0.717) is 0 Å². The zero-order valence-electron chi connectivity index (χ0n) is 63.0. The van der Waals surface area contributed by atoms with E-state index in [9.17, 15) is 123 Å². The third-order valence-electron chi connectivity index (χ3n) is 20.9. The van der Waals surface area contributed by atoms with Gasteiger partial charge in [-0.2, -0.15) is 0 Å². The maximum atomic E-state index is 11.0. The highest BCUT2D eigenvalue weighted by atomic mass is 16.6. The number of nitrogens with zero attached hydrogens (tertiary/aromatic N) is 18. The Morgan fingerprint density at radius 1 is 0.218 bits per heavy atom. The van der Waals surface area contributed by atoms with Crippen molar-refractivity contribution in [3.8, 4) is 0 Å². The van der Waals surface area contributed by atoms with Crippen molar-refractivity contribution in [2.24, 2.45) is 10.8 Å². The van der Waals surface area contributed by atoms with Crippen molar-refractivity contribution in [1.29, 1.82) is 0 Å². The number of rotatable bonds is 40. The molecule has 55 nitrogen and oxygen atoms in total. The van der Waals surface area contributed by atoms with E-state index in [1.54, 1.807) is 0 Å². The molecule has 12 heterocycles. The summed E-state index contributed by atoms with van der Waals surface area (Å²) in [6.45, 7) is -11.2. The Hall–Kier alpha value is -6.64. The van der Waals surface area contributed by atoms with E-state index in [1.165, 1.54) is 37.2 Å². The average molecular weight is 1710 g/mol. The van der Waals surface area contributed by atoms with Crippen molar-refractivity contribution in [2.45, 2.75) is 224 Å². The van der Waals surface area contributed by atoms with Gasteiger partial charge in [0.2, 0.25) is 0 Å². The molecule has 0 spiro atoms. The van der Waals surface area contributed by atoms with Crippen molar-refractivity contribution in [3.05, 3.63) is 71.3 Å². The minimum Gasteiger partial charge on any atom is -0.394 e. The monoisotopic (exact) mass is 1710 g/mol. The summed E-state index contributed by atoms with van der Waals surface area (Å²) in [5.41, 5.74) is -3.02. The molecule has 6 aliphatic rings. The standard InChI is InChI=1S/C64H100N18O37/c83-7-33-39(89)45(95)51(101)57(114-33)77-1-27(65-71-77)13-107-19-63(20-108-14-28-2-78(72-66-28)58-52(102)46(96)40(90)34(8-84)115-58,21-109-15-29-3-79(73-67-29)59-53(103)47(97)41(91)35(9-85)116-59)25-113-26-64(22-110-16-30-4-80(74-68-30)60-54(104)48(98)42(92)36(10-86)117-60,23-111-17-31-5-81(75-69-31)61-55(105)49(99)43(93)37(11-87)118-61)24-112-18-32-6-82(76-70-32)62-56(106)50(100)44(94)38(12-88)119-62/h1-6,33-62,83-106H,7-26H2/t33-,34-,35-,36-,37-,38-,39-,40-,41-,42-,43-,44-,45+,46+,47+,48+,49+,50+,51-,52-,53-,54-,55-,56-,57-,58-,59-,60-,61-,62-/m1/s1. The normalized spacial score (nSPS) is 35.6.